The van der Waals surface area contributed by atoms with Crippen molar-refractivity contribution in [1.29, 1.82) is 0 Å². The van der Waals surface area contributed by atoms with E-state index in [-0.39, 0.29) is 5.82 Å². The number of aromatic nitrogens is 1. The van der Waals surface area contributed by atoms with Gasteiger partial charge in [0, 0.05) is 17.4 Å². The molecule has 16 heavy (non-hydrogen) atoms. The van der Waals surface area contributed by atoms with Crippen molar-refractivity contribution in [1.82, 2.24) is 4.98 Å². The Balaban J connectivity index is 2.31. The first-order valence-corrected chi connectivity index (χ1v) is 6.53. The van der Waals surface area contributed by atoms with Gasteiger partial charge in [0.2, 0.25) is 0 Å². The summed E-state index contributed by atoms with van der Waals surface area (Å²) in [7, 11) is 0. The van der Waals surface area contributed by atoms with Crippen LogP contribution < -0.4 is 0 Å². The van der Waals surface area contributed by atoms with Gasteiger partial charge in [-0.15, -0.1) is 11.3 Å². The topological polar surface area (TPSA) is 12.9 Å². The average Bonchev–Trinajstić information content (AvgIpc) is 2.71. The molecule has 0 saturated carbocycles. The highest BCUT2D eigenvalue weighted by molar-refractivity contribution is 7.80. The lowest BCUT2D eigenvalue weighted by Crippen LogP contribution is -1.87. The van der Waals surface area contributed by atoms with E-state index in [1.165, 1.54) is 6.07 Å². The van der Waals surface area contributed by atoms with Gasteiger partial charge in [-0.3, -0.25) is 0 Å². The van der Waals surface area contributed by atoms with E-state index < -0.39 is 0 Å². The van der Waals surface area contributed by atoms with Gasteiger partial charge in [-0.05, 0) is 36.4 Å². The maximum absolute atomic E-state index is 13.1. The zero-order valence-electron chi connectivity index (χ0n) is 8.90. The first-order valence-electron chi connectivity index (χ1n) is 5.02. The van der Waals surface area contributed by atoms with Gasteiger partial charge in [-0.1, -0.05) is 0 Å². The summed E-state index contributed by atoms with van der Waals surface area (Å²) < 4.78 is 13.1. The van der Waals surface area contributed by atoms with Crippen LogP contribution in [-0.4, -0.2) is 10.7 Å². The molecule has 1 aromatic heterocycles. The Morgan fingerprint density at radius 2 is 2.25 bits per heavy atom. The molecule has 0 saturated heterocycles. The van der Waals surface area contributed by atoms with Gasteiger partial charge < -0.3 is 0 Å². The van der Waals surface area contributed by atoms with Crippen molar-refractivity contribution in [2.45, 2.75) is 13.3 Å². The third kappa shape index (κ3) is 2.44. The van der Waals surface area contributed by atoms with Crippen LogP contribution in [0.4, 0.5) is 4.39 Å². The Labute approximate surface area is 104 Å². The highest BCUT2D eigenvalue weighted by Crippen LogP contribution is 2.24. The van der Waals surface area contributed by atoms with Crippen LogP contribution in [0, 0.1) is 12.7 Å². The number of halogens is 1. The molecule has 0 N–H and O–H groups in total. The third-order valence-electron chi connectivity index (χ3n) is 2.33. The predicted molar refractivity (Wildman–Crippen MR) is 69.8 cm³/mol. The zero-order valence-corrected chi connectivity index (χ0v) is 10.6. The van der Waals surface area contributed by atoms with E-state index in [2.05, 4.69) is 17.6 Å². The summed E-state index contributed by atoms with van der Waals surface area (Å²) in [6.45, 7) is 1.76. The smallest absolute Gasteiger partial charge is 0.126 e. The van der Waals surface area contributed by atoms with Gasteiger partial charge in [0.05, 0.1) is 10.7 Å². The van der Waals surface area contributed by atoms with Gasteiger partial charge in [0.1, 0.15) is 5.82 Å². The first-order chi connectivity index (χ1) is 7.70. The van der Waals surface area contributed by atoms with Crippen LogP contribution in [-0.2, 0) is 6.42 Å². The van der Waals surface area contributed by atoms with Crippen molar-refractivity contribution in [3.8, 4) is 11.3 Å². The molecule has 0 aliphatic heterocycles. The van der Waals surface area contributed by atoms with Gasteiger partial charge in [-0.2, -0.15) is 12.6 Å². The summed E-state index contributed by atoms with van der Waals surface area (Å²) in [5, 5.41) is 3.08. The molecule has 4 heteroatoms. The van der Waals surface area contributed by atoms with E-state index in [9.17, 15) is 4.39 Å². The minimum atomic E-state index is -0.172. The summed E-state index contributed by atoms with van der Waals surface area (Å²) in [5.74, 6) is 0.629. The van der Waals surface area contributed by atoms with Crippen LogP contribution in [0.1, 0.15) is 10.6 Å². The molecule has 1 heterocycles. The molecule has 84 valence electrons. The van der Waals surface area contributed by atoms with Gasteiger partial charge in [0.25, 0.3) is 0 Å². The van der Waals surface area contributed by atoms with Crippen molar-refractivity contribution < 1.29 is 4.39 Å². The Morgan fingerprint density at radius 1 is 1.44 bits per heavy atom. The average molecular weight is 253 g/mol. The monoisotopic (exact) mass is 253 g/mol. The number of aryl methyl sites for hydroxylation is 2. The number of thiol groups is 1. The third-order valence-corrected chi connectivity index (χ3v) is 3.46. The molecular weight excluding hydrogens is 241 g/mol. The zero-order chi connectivity index (χ0) is 11.5. The lowest BCUT2D eigenvalue weighted by Gasteiger charge is -1.99. The van der Waals surface area contributed by atoms with E-state index in [0.717, 1.165) is 28.4 Å². The molecule has 2 aromatic rings. The minimum Gasteiger partial charge on any atom is -0.241 e. The second-order valence-corrected chi connectivity index (χ2v) is 4.95. The maximum Gasteiger partial charge on any atom is 0.126 e. The van der Waals surface area contributed by atoms with Crippen LogP contribution in [0.15, 0.2) is 23.6 Å². The normalized spacial score (nSPS) is 10.7. The van der Waals surface area contributed by atoms with Crippen molar-refractivity contribution in [3.63, 3.8) is 0 Å². The number of hydrogen-bond donors (Lipinski definition) is 1. The molecule has 0 spiro atoms. The molecule has 0 unspecified atom stereocenters. The number of thiazole rings is 1. The van der Waals surface area contributed by atoms with Crippen LogP contribution >= 0.6 is 24.0 Å². The molecule has 2 rings (SSSR count). The summed E-state index contributed by atoms with van der Waals surface area (Å²) in [4.78, 5) is 4.49. The fourth-order valence-corrected chi connectivity index (χ4v) is 2.63. The second-order valence-electron chi connectivity index (χ2n) is 3.56. The fraction of sp³-hybridized carbons (Fsp3) is 0.250. The highest BCUT2D eigenvalue weighted by atomic mass is 32.1. The van der Waals surface area contributed by atoms with Crippen molar-refractivity contribution >= 4 is 24.0 Å². The molecular formula is C12H12FNS2. The van der Waals surface area contributed by atoms with Crippen LogP contribution in [0.3, 0.4) is 0 Å². The lowest BCUT2D eigenvalue weighted by molar-refractivity contribution is 0.619. The van der Waals surface area contributed by atoms with E-state index in [0.29, 0.717) is 5.56 Å². The maximum atomic E-state index is 13.1. The second kappa shape index (κ2) is 4.97. The molecule has 1 nitrogen and oxygen atoms in total. The summed E-state index contributed by atoms with van der Waals surface area (Å²) >= 11 is 5.80. The summed E-state index contributed by atoms with van der Waals surface area (Å²) in [6.07, 6.45) is 0.883. The van der Waals surface area contributed by atoms with E-state index in [1.807, 2.05) is 11.4 Å². The molecule has 0 bridgehead atoms. The van der Waals surface area contributed by atoms with Crippen LogP contribution in [0.2, 0.25) is 0 Å². The molecule has 0 amide bonds. The molecule has 0 aliphatic carbocycles. The fourth-order valence-electron chi connectivity index (χ4n) is 1.46. The minimum absolute atomic E-state index is 0.172. The Hall–Kier alpha value is -0.870. The molecule has 0 atom stereocenters. The summed E-state index contributed by atoms with van der Waals surface area (Å²) in [5.41, 5.74) is 2.55. The van der Waals surface area contributed by atoms with Gasteiger partial charge >= 0.3 is 0 Å². The molecule has 0 radical (unpaired) electrons. The van der Waals surface area contributed by atoms with Gasteiger partial charge in [-0.25, -0.2) is 9.37 Å². The Morgan fingerprint density at radius 3 is 2.94 bits per heavy atom. The number of nitrogens with zero attached hydrogens (tertiary/aromatic N) is 1. The number of hydrogen-bond acceptors (Lipinski definition) is 3. The van der Waals surface area contributed by atoms with Crippen LogP contribution in [0.25, 0.3) is 11.3 Å². The lowest BCUT2D eigenvalue weighted by atomic mass is 10.1. The summed E-state index contributed by atoms with van der Waals surface area (Å²) in [6, 6.07) is 5.08. The van der Waals surface area contributed by atoms with Gasteiger partial charge in [0.15, 0.2) is 0 Å². The quantitative estimate of drug-likeness (QED) is 0.822. The van der Waals surface area contributed by atoms with E-state index in [4.69, 9.17) is 0 Å². The molecule has 0 fully saturated rings. The van der Waals surface area contributed by atoms with Crippen molar-refractivity contribution in [2.75, 3.05) is 5.75 Å². The van der Waals surface area contributed by atoms with E-state index in [1.54, 1.807) is 24.3 Å². The molecule has 0 aliphatic rings. The Kier molecular flexibility index (Phi) is 3.61. The molecule has 1 aromatic carbocycles. The van der Waals surface area contributed by atoms with Crippen molar-refractivity contribution in [2.24, 2.45) is 0 Å². The largest absolute Gasteiger partial charge is 0.241 e. The number of benzene rings is 1. The van der Waals surface area contributed by atoms with E-state index >= 15 is 0 Å². The SMILES string of the molecule is Cc1cc(-c2csc(CCS)n2)ccc1F. The van der Waals surface area contributed by atoms with Crippen LogP contribution in [0.5, 0.6) is 0 Å². The van der Waals surface area contributed by atoms with Crippen molar-refractivity contribution in [3.05, 3.63) is 40.0 Å². The highest BCUT2D eigenvalue weighted by Gasteiger charge is 2.05. The predicted octanol–water partition coefficient (Wildman–Crippen LogP) is 3.73. The number of rotatable bonds is 3. The standard InChI is InChI=1S/C12H12FNS2/c1-8-6-9(2-3-10(8)13)11-7-16-12(14-11)4-5-15/h2-3,6-7,15H,4-5H2,1H3. The first kappa shape index (κ1) is 11.6. The Bertz CT molecular complexity index is 494.